The Morgan fingerprint density at radius 1 is 0.909 bits per heavy atom. The number of carboxylic acid groups (broad SMARTS) is 1. The molecule has 0 bridgehead atoms. The zero-order valence-electron chi connectivity index (χ0n) is 22.1. The molecule has 0 aromatic rings. The van der Waals surface area contributed by atoms with E-state index in [0.29, 0.717) is 34.4 Å². The first-order valence-electron chi connectivity index (χ1n) is 14.1. The molecule has 8 unspecified atom stereocenters. The molecule has 3 heteroatoms. The summed E-state index contributed by atoms with van der Waals surface area (Å²) >= 11 is 0. The van der Waals surface area contributed by atoms with Crippen LogP contribution in [0.5, 0.6) is 0 Å². The SMILES string of the molecule is CC(C)CCCC(C(=O)O)C1CCC2(C)C3CCC4C(C)(C)C(=O)CCC45CC35CCC12C. The van der Waals surface area contributed by atoms with Gasteiger partial charge in [0.05, 0.1) is 5.92 Å². The topological polar surface area (TPSA) is 54.4 Å². The third-order valence-electron chi connectivity index (χ3n) is 13.0. The van der Waals surface area contributed by atoms with Crippen molar-refractivity contribution in [3.8, 4) is 0 Å². The summed E-state index contributed by atoms with van der Waals surface area (Å²) in [4.78, 5) is 25.3. The van der Waals surface area contributed by atoms with Crippen LogP contribution < -0.4 is 0 Å². The maximum Gasteiger partial charge on any atom is 0.306 e. The molecule has 0 heterocycles. The number of carbonyl (C=O) groups is 2. The fourth-order valence-electron chi connectivity index (χ4n) is 11.1. The second kappa shape index (κ2) is 7.33. The summed E-state index contributed by atoms with van der Waals surface area (Å²) in [6.45, 7) is 14.0. The van der Waals surface area contributed by atoms with Crippen molar-refractivity contribution in [1.82, 2.24) is 0 Å². The van der Waals surface area contributed by atoms with Crippen molar-refractivity contribution >= 4 is 11.8 Å². The summed E-state index contributed by atoms with van der Waals surface area (Å²) < 4.78 is 0. The van der Waals surface area contributed by atoms with Crippen LogP contribution in [-0.2, 0) is 9.59 Å². The van der Waals surface area contributed by atoms with Gasteiger partial charge in [-0.15, -0.1) is 0 Å². The van der Waals surface area contributed by atoms with Gasteiger partial charge in [-0.05, 0) is 103 Å². The molecule has 1 N–H and O–H groups in total. The highest BCUT2D eigenvalue weighted by molar-refractivity contribution is 5.86. The van der Waals surface area contributed by atoms with Crippen molar-refractivity contribution in [2.45, 2.75) is 119 Å². The summed E-state index contributed by atoms with van der Waals surface area (Å²) in [5.41, 5.74) is 1.08. The highest BCUT2D eigenvalue weighted by atomic mass is 16.4. The van der Waals surface area contributed by atoms with Gasteiger partial charge in [-0.1, -0.05) is 54.4 Å². The largest absolute Gasteiger partial charge is 0.481 e. The van der Waals surface area contributed by atoms with E-state index in [1.807, 2.05) is 0 Å². The summed E-state index contributed by atoms with van der Waals surface area (Å²) in [6.07, 6.45) is 13.5. The molecule has 5 fully saturated rings. The van der Waals surface area contributed by atoms with E-state index in [2.05, 4.69) is 41.5 Å². The predicted molar refractivity (Wildman–Crippen MR) is 132 cm³/mol. The van der Waals surface area contributed by atoms with Crippen molar-refractivity contribution < 1.29 is 14.7 Å². The molecule has 0 aromatic heterocycles. The molecule has 186 valence electrons. The van der Waals surface area contributed by atoms with E-state index in [1.54, 1.807) is 0 Å². The lowest BCUT2D eigenvalue weighted by Crippen LogP contribution is -2.57. The van der Waals surface area contributed by atoms with Crippen molar-refractivity contribution in [3.63, 3.8) is 0 Å². The van der Waals surface area contributed by atoms with Crippen LogP contribution >= 0.6 is 0 Å². The zero-order chi connectivity index (χ0) is 24.0. The number of ketones is 1. The van der Waals surface area contributed by atoms with Gasteiger partial charge >= 0.3 is 5.97 Å². The Labute approximate surface area is 201 Å². The van der Waals surface area contributed by atoms with E-state index < -0.39 is 5.97 Å². The molecule has 33 heavy (non-hydrogen) atoms. The third-order valence-corrected chi connectivity index (χ3v) is 13.0. The molecule has 5 rings (SSSR count). The van der Waals surface area contributed by atoms with E-state index in [4.69, 9.17) is 0 Å². The Balaban J connectivity index is 1.43. The number of Topliss-reactive ketones (excluding diaryl/α,β-unsaturated/α-hetero) is 1. The minimum atomic E-state index is -0.548. The van der Waals surface area contributed by atoms with Crippen LogP contribution in [-0.4, -0.2) is 16.9 Å². The monoisotopic (exact) mass is 456 g/mol. The second-order valence-corrected chi connectivity index (χ2v) is 14.6. The van der Waals surface area contributed by atoms with Crippen molar-refractivity contribution in [2.24, 2.45) is 56.7 Å². The Morgan fingerprint density at radius 2 is 1.58 bits per heavy atom. The minimum Gasteiger partial charge on any atom is -0.481 e. The van der Waals surface area contributed by atoms with Gasteiger partial charge in [-0.25, -0.2) is 0 Å². The van der Waals surface area contributed by atoms with Gasteiger partial charge in [-0.2, -0.15) is 0 Å². The molecule has 0 amide bonds. The van der Waals surface area contributed by atoms with Crippen LogP contribution in [0.4, 0.5) is 0 Å². The highest BCUT2D eigenvalue weighted by Crippen LogP contribution is 2.88. The minimum absolute atomic E-state index is 0.139. The van der Waals surface area contributed by atoms with Gasteiger partial charge in [0.15, 0.2) is 0 Å². The molecule has 0 saturated heterocycles. The number of hydrogen-bond acceptors (Lipinski definition) is 2. The molecule has 0 aromatic carbocycles. The average Bonchev–Trinajstić information content (AvgIpc) is 3.32. The summed E-state index contributed by atoms with van der Waals surface area (Å²) in [6, 6.07) is 0. The fraction of sp³-hybridized carbons (Fsp3) is 0.933. The Hall–Kier alpha value is -0.860. The van der Waals surface area contributed by atoms with Gasteiger partial charge in [0.25, 0.3) is 0 Å². The fourth-order valence-corrected chi connectivity index (χ4v) is 11.1. The average molecular weight is 457 g/mol. The van der Waals surface area contributed by atoms with Crippen LogP contribution in [0.25, 0.3) is 0 Å². The molecule has 0 aliphatic heterocycles. The summed E-state index contributed by atoms with van der Waals surface area (Å²) in [5, 5.41) is 10.3. The molecule has 5 aliphatic carbocycles. The number of rotatable bonds is 6. The van der Waals surface area contributed by atoms with Crippen LogP contribution in [0.1, 0.15) is 119 Å². The van der Waals surface area contributed by atoms with Gasteiger partial charge in [0, 0.05) is 11.8 Å². The maximum absolute atomic E-state index is 12.8. The Bertz CT molecular complexity index is 843. The number of carbonyl (C=O) groups excluding carboxylic acids is 1. The van der Waals surface area contributed by atoms with Crippen LogP contribution in [0.3, 0.4) is 0 Å². The molecular formula is C30H48O3. The molecule has 0 radical (unpaired) electrons. The standard InChI is InChI=1S/C30H48O3/c1-19(2)8-7-9-20(25(32)33)21-12-14-28(6)23-11-10-22-26(3,4)24(31)13-15-29(22)18-30(23,29)17-16-27(21,28)5/h19-23H,7-18H2,1-6H3,(H,32,33). The van der Waals surface area contributed by atoms with Gasteiger partial charge in [0.2, 0.25) is 0 Å². The van der Waals surface area contributed by atoms with Gasteiger partial charge < -0.3 is 5.11 Å². The lowest BCUT2D eigenvalue weighted by molar-refractivity contribution is -0.162. The molecule has 3 nitrogen and oxygen atoms in total. The number of hydrogen-bond donors (Lipinski definition) is 1. The predicted octanol–water partition coefficient (Wildman–Crippen LogP) is 7.52. The quantitative estimate of drug-likeness (QED) is 0.449. The van der Waals surface area contributed by atoms with E-state index in [1.165, 1.54) is 38.5 Å². The van der Waals surface area contributed by atoms with Crippen LogP contribution in [0, 0.1) is 56.7 Å². The highest BCUT2D eigenvalue weighted by Gasteiger charge is 2.82. The van der Waals surface area contributed by atoms with E-state index >= 15 is 0 Å². The van der Waals surface area contributed by atoms with E-state index in [0.717, 1.165) is 44.4 Å². The first-order chi connectivity index (χ1) is 15.4. The molecule has 5 aliphatic rings. The Kier molecular flexibility index (Phi) is 5.30. The Morgan fingerprint density at radius 3 is 2.24 bits per heavy atom. The number of fused-ring (bicyclic) bond motifs is 2. The van der Waals surface area contributed by atoms with Crippen LogP contribution in [0.2, 0.25) is 0 Å². The summed E-state index contributed by atoms with van der Waals surface area (Å²) in [7, 11) is 0. The first-order valence-corrected chi connectivity index (χ1v) is 14.1. The first kappa shape index (κ1) is 23.9. The second-order valence-electron chi connectivity index (χ2n) is 14.6. The molecule has 5 saturated carbocycles. The van der Waals surface area contributed by atoms with Crippen molar-refractivity contribution in [3.05, 3.63) is 0 Å². The smallest absolute Gasteiger partial charge is 0.306 e. The zero-order valence-corrected chi connectivity index (χ0v) is 22.1. The summed E-state index contributed by atoms with van der Waals surface area (Å²) in [5.74, 6) is 2.02. The lowest BCUT2D eigenvalue weighted by Gasteiger charge is -2.62. The maximum atomic E-state index is 12.8. The molecular weight excluding hydrogens is 408 g/mol. The van der Waals surface area contributed by atoms with Crippen LogP contribution in [0.15, 0.2) is 0 Å². The number of aliphatic carboxylic acids is 1. The van der Waals surface area contributed by atoms with Crippen molar-refractivity contribution in [2.75, 3.05) is 0 Å². The number of carboxylic acids is 1. The molecule has 8 atom stereocenters. The lowest BCUT2D eigenvalue weighted by atomic mass is 9.42. The van der Waals surface area contributed by atoms with Gasteiger partial charge in [0.1, 0.15) is 5.78 Å². The van der Waals surface area contributed by atoms with Crippen molar-refractivity contribution in [1.29, 1.82) is 0 Å². The van der Waals surface area contributed by atoms with Gasteiger partial charge in [-0.3, -0.25) is 9.59 Å². The van der Waals surface area contributed by atoms with E-state index in [-0.39, 0.29) is 22.2 Å². The third kappa shape index (κ3) is 2.92. The van der Waals surface area contributed by atoms with E-state index in [9.17, 15) is 14.7 Å². The molecule has 2 spiro atoms. The normalized spacial score (nSPS) is 48.5.